The van der Waals surface area contributed by atoms with Crippen LogP contribution in [0.2, 0.25) is 0 Å². The van der Waals surface area contributed by atoms with Crippen molar-refractivity contribution in [2.24, 2.45) is 0 Å². The zero-order valence-electron chi connectivity index (χ0n) is 11.0. The molecule has 1 saturated heterocycles. The lowest BCUT2D eigenvalue weighted by Crippen LogP contribution is -2.36. The summed E-state index contributed by atoms with van der Waals surface area (Å²) < 4.78 is 18.0. The highest BCUT2D eigenvalue weighted by Gasteiger charge is 2.32. The summed E-state index contributed by atoms with van der Waals surface area (Å²) in [7, 11) is 1.31. The Morgan fingerprint density at radius 2 is 2.35 bits per heavy atom. The van der Waals surface area contributed by atoms with Gasteiger partial charge in [0.15, 0.2) is 0 Å². The predicted octanol–water partition coefficient (Wildman–Crippen LogP) is 1.87. The van der Waals surface area contributed by atoms with Gasteiger partial charge in [0.2, 0.25) is 0 Å². The van der Waals surface area contributed by atoms with Gasteiger partial charge in [-0.25, -0.2) is 4.39 Å². The van der Waals surface area contributed by atoms with Gasteiger partial charge in [0.05, 0.1) is 12.0 Å². The molecule has 2 rings (SSSR count). The number of carbonyl (C=O) groups excluding carboxylic acids is 1. The second-order valence-electron chi connectivity index (χ2n) is 4.68. The van der Waals surface area contributed by atoms with Crippen molar-refractivity contribution in [2.75, 3.05) is 13.7 Å². The smallest absolute Gasteiger partial charge is 0.323 e. The highest BCUT2D eigenvalue weighted by atomic mass is 19.1. The number of hydrogen-bond acceptors (Lipinski definition) is 5. The Labute approximate surface area is 115 Å². The SMILES string of the molecule is COC(=O)C1CCCN1Cc1cc(F)ccc1[N+](=O)[O-]. The van der Waals surface area contributed by atoms with Crippen molar-refractivity contribution in [1.82, 2.24) is 4.90 Å². The quantitative estimate of drug-likeness (QED) is 0.479. The number of nitro groups is 1. The summed E-state index contributed by atoms with van der Waals surface area (Å²) in [6.45, 7) is 0.793. The third-order valence-electron chi connectivity index (χ3n) is 3.45. The van der Waals surface area contributed by atoms with Gasteiger partial charge in [-0.05, 0) is 31.5 Å². The number of ether oxygens (including phenoxy) is 1. The van der Waals surface area contributed by atoms with Gasteiger partial charge in [0.25, 0.3) is 5.69 Å². The molecule has 1 aromatic carbocycles. The lowest BCUT2D eigenvalue weighted by molar-refractivity contribution is -0.385. The molecule has 6 nitrogen and oxygen atoms in total. The molecular weight excluding hydrogens is 267 g/mol. The first-order chi connectivity index (χ1) is 9.52. The zero-order chi connectivity index (χ0) is 14.7. The van der Waals surface area contributed by atoms with Gasteiger partial charge in [-0.3, -0.25) is 19.8 Å². The summed E-state index contributed by atoms with van der Waals surface area (Å²) in [5, 5.41) is 11.0. The van der Waals surface area contributed by atoms with Gasteiger partial charge >= 0.3 is 5.97 Å². The first-order valence-electron chi connectivity index (χ1n) is 6.27. The second kappa shape index (κ2) is 5.96. The van der Waals surface area contributed by atoms with Crippen LogP contribution in [0.15, 0.2) is 18.2 Å². The van der Waals surface area contributed by atoms with Crippen LogP contribution in [0.4, 0.5) is 10.1 Å². The number of nitro benzene ring substituents is 1. The fraction of sp³-hybridized carbons (Fsp3) is 0.462. The topological polar surface area (TPSA) is 72.7 Å². The molecule has 0 N–H and O–H groups in total. The average Bonchev–Trinajstić information content (AvgIpc) is 2.85. The van der Waals surface area contributed by atoms with E-state index in [0.29, 0.717) is 13.0 Å². The normalized spacial score (nSPS) is 19.0. The van der Waals surface area contributed by atoms with E-state index in [4.69, 9.17) is 4.74 Å². The number of methoxy groups -OCH3 is 1. The van der Waals surface area contributed by atoms with Crippen LogP contribution in [0, 0.1) is 15.9 Å². The highest BCUT2D eigenvalue weighted by molar-refractivity contribution is 5.76. The maximum absolute atomic E-state index is 13.3. The molecule has 7 heteroatoms. The number of hydrogen-bond donors (Lipinski definition) is 0. The molecule has 0 saturated carbocycles. The molecule has 1 fully saturated rings. The summed E-state index contributed by atoms with van der Waals surface area (Å²) in [6.07, 6.45) is 1.46. The van der Waals surface area contributed by atoms with E-state index in [0.717, 1.165) is 24.6 Å². The maximum Gasteiger partial charge on any atom is 0.323 e. The first kappa shape index (κ1) is 14.4. The minimum absolute atomic E-state index is 0.137. The third kappa shape index (κ3) is 2.93. The summed E-state index contributed by atoms with van der Waals surface area (Å²) in [5.41, 5.74) is 0.132. The van der Waals surface area contributed by atoms with Crippen LogP contribution in [0.25, 0.3) is 0 Å². The molecule has 1 aromatic rings. The number of nitrogens with zero attached hydrogens (tertiary/aromatic N) is 2. The van der Waals surface area contributed by atoms with Crippen LogP contribution in [0.5, 0.6) is 0 Å². The van der Waals surface area contributed by atoms with E-state index in [1.165, 1.54) is 7.11 Å². The molecular formula is C13H15FN2O4. The van der Waals surface area contributed by atoms with Gasteiger partial charge in [-0.15, -0.1) is 0 Å². The largest absolute Gasteiger partial charge is 0.468 e. The Morgan fingerprint density at radius 1 is 1.60 bits per heavy atom. The van der Waals surface area contributed by atoms with Crippen molar-refractivity contribution in [1.29, 1.82) is 0 Å². The molecule has 0 radical (unpaired) electrons. The molecule has 1 aliphatic rings. The summed E-state index contributed by atoms with van der Waals surface area (Å²) >= 11 is 0. The number of benzene rings is 1. The molecule has 1 unspecified atom stereocenters. The van der Waals surface area contributed by atoms with Crippen LogP contribution in [0.1, 0.15) is 18.4 Å². The number of rotatable bonds is 4. The standard InChI is InChI=1S/C13H15FN2O4/c1-20-13(17)12-3-2-6-15(12)8-9-7-10(14)4-5-11(9)16(18)19/h4-5,7,12H,2-3,6,8H2,1H3. The zero-order valence-corrected chi connectivity index (χ0v) is 11.0. The monoisotopic (exact) mass is 282 g/mol. The summed E-state index contributed by atoms with van der Waals surface area (Å²) in [6, 6.07) is 2.94. The van der Waals surface area contributed by atoms with Crippen LogP contribution < -0.4 is 0 Å². The van der Waals surface area contributed by atoms with Crippen molar-refractivity contribution in [3.05, 3.63) is 39.7 Å². The van der Waals surface area contributed by atoms with E-state index in [2.05, 4.69) is 0 Å². The van der Waals surface area contributed by atoms with Gasteiger partial charge in [0.1, 0.15) is 11.9 Å². The van der Waals surface area contributed by atoms with Gasteiger partial charge < -0.3 is 4.74 Å². The lowest BCUT2D eigenvalue weighted by atomic mass is 10.1. The van der Waals surface area contributed by atoms with E-state index in [1.54, 1.807) is 4.90 Å². The Bertz CT molecular complexity index is 535. The van der Waals surface area contributed by atoms with Crippen molar-refractivity contribution >= 4 is 11.7 Å². The molecule has 0 spiro atoms. The number of halogens is 1. The minimum atomic E-state index is -0.544. The number of esters is 1. The Kier molecular flexibility index (Phi) is 4.29. The summed E-state index contributed by atoms with van der Waals surface area (Å²) in [5.74, 6) is -0.888. The van der Waals surface area contributed by atoms with E-state index >= 15 is 0 Å². The van der Waals surface area contributed by atoms with Crippen molar-refractivity contribution in [2.45, 2.75) is 25.4 Å². The van der Waals surface area contributed by atoms with Crippen molar-refractivity contribution in [3.63, 3.8) is 0 Å². The Balaban J connectivity index is 2.23. The van der Waals surface area contributed by atoms with E-state index in [9.17, 15) is 19.3 Å². The fourth-order valence-electron chi connectivity index (χ4n) is 2.50. The Hall–Kier alpha value is -2.02. The van der Waals surface area contributed by atoms with Crippen molar-refractivity contribution < 1.29 is 18.8 Å². The van der Waals surface area contributed by atoms with E-state index in [1.807, 2.05) is 0 Å². The number of likely N-dealkylation sites (tertiary alicyclic amines) is 1. The molecule has 0 amide bonds. The molecule has 1 heterocycles. The van der Waals surface area contributed by atoms with Crippen LogP contribution in [0.3, 0.4) is 0 Å². The first-order valence-corrected chi connectivity index (χ1v) is 6.27. The second-order valence-corrected chi connectivity index (χ2v) is 4.68. The fourth-order valence-corrected chi connectivity index (χ4v) is 2.50. The number of carbonyl (C=O) groups is 1. The van der Waals surface area contributed by atoms with Crippen molar-refractivity contribution in [3.8, 4) is 0 Å². The third-order valence-corrected chi connectivity index (χ3v) is 3.45. The van der Waals surface area contributed by atoms with Gasteiger partial charge in [-0.1, -0.05) is 0 Å². The van der Waals surface area contributed by atoms with E-state index < -0.39 is 16.8 Å². The van der Waals surface area contributed by atoms with Gasteiger partial charge in [0, 0.05) is 18.2 Å². The van der Waals surface area contributed by atoms with Crippen LogP contribution in [-0.2, 0) is 16.1 Å². The molecule has 1 atom stereocenters. The molecule has 0 bridgehead atoms. The lowest BCUT2D eigenvalue weighted by Gasteiger charge is -2.22. The van der Waals surface area contributed by atoms with Crippen LogP contribution in [-0.4, -0.2) is 35.5 Å². The minimum Gasteiger partial charge on any atom is -0.468 e. The average molecular weight is 282 g/mol. The van der Waals surface area contributed by atoms with E-state index in [-0.39, 0.29) is 23.8 Å². The molecule has 1 aliphatic heterocycles. The molecule has 20 heavy (non-hydrogen) atoms. The molecule has 0 aliphatic carbocycles. The molecule has 108 valence electrons. The van der Waals surface area contributed by atoms with Crippen LogP contribution >= 0.6 is 0 Å². The maximum atomic E-state index is 13.3. The molecule has 0 aromatic heterocycles. The summed E-state index contributed by atoms with van der Waals surface area (Å²) in [4.78, 5) is 23.8. The van der Waals surface area contributed by atoms with Gasteiger partial charge in [-0.2, -0.15) is 0 Å². The highest BCUT2D eigenvalue weighted by Crippen LogP contribution is 2.26. The predicted molar refractivity (Wildman–Crippen MR) is 68.5 cm³/mol. The Morgan fingerprint density at radius 3 is 3.00 bits per heavy atom.